The van der Waals surface area contributed by atoms with Crippen LogP contribution >= 0.6 is 11.6 Å². The Bertz CT molecular complexity index is 467. The molecular weight excluding hydrogens is 193 g/mol. The van der Waals surface area contributed by atoms with Gasteiger partial charge in [-0.2, -0.15) is 4.39 Å². The van der Waals surface area contributed by atoms with Crippen LogP contribution in [0.25, 0.3) is 10.9 Å². The highest BCUT2D eigenvalue weighted by molar-refractivity contribution is 6.33. The van der Waals surface area contributed by atoms with Gasteiger partial charge in [0, 0.05) is 12.3 Å². The molecule has 0 N–H and O–H groups in total. The van der Waals surface area contributed by atoms with Crippen molar-refractivity contribution >= 4 is 22.5 Å². The van der Waals surface area contributed by atoms with E-state index >= 15 is 0 Å². The van der Waals surface area contributed by atoms with Gasteiger partial charge in [-0.25, -0.2) is 15.0 Å². The fraction of sp³-hybridized carbons (Fsp3) is 0.125. The standard InChI is InChI=1S/C8H5ClFN3/c1-4-12-6-2-7(10)11-3-5(6)8(9)13-4/h2-3H,1H3. The molecule has 2 aromatic heterocycles. The summed E-state index contributed by atoms with van der Waals surface area (Å²) in [6.07, 6.45) is 1.33. The zero-order valence-electron chi connectivity index (χ0n) is 6.75. The average Bonchev–Trinajstić information content (AvgIpc) is 2.02. The molecule has 0 radical (unpaired) electrons. The molecule has 0 aliphatic rings. The Morgan fingerprint density at radius 1 is 1.38 bits per heavy atom. The summed E-state index contributed by atoms with van der Waals surface area (Å²) < 4.78 is 12.7. The van der Waals surface area contributed by atoms with Crippen LogP contribution in [0.5, 0.6) is 0 Å². The van der Waals surface area contributed by atoms with E-state index in [1.807, 2.05) is 0 Å². The van der Waals surface area contributed by atoms with E-state index in [9.17, 15) is 4.39 Å². The lowest BCUT2D eigenvalue weighted by Gasteiger charge is -1.99. The lowest BCUT2D eigenvalue weighted by atomic mass is 10.3. The number of hydrogen-bond acceptors (Lipinski definition) is 3. The smallest absolute Gasteiger partial charge is 0.215 e. The molecule has 3 nitrogen and oxygen atoms in total. The van der Waals surface area contributed by atoms with Crippen LogP contribution in [-0.2, 0) is 0 Å². The summed E-state index contributed by atoms with van der Waals surface area (Å²) in [7, 11) is 0. The highest BCUT2D eigenvalue weighted by Gasteiger charge is 2.04. The number of pyridine rings is 1. The van der Waals surface area contributed by atoms with Crippen molar-refractivity contribution in [1.29, 1.82) is 0 Å². The van der Waals surface area contributed by atoms with Gasteiger partial charge in [-0.1, -0.05) is 11.6 Å². The van der Waals surface area contributed by atoms with Crippen LogP contribution in [0, 0.1) is 12.9 Å². The van der Waals surface area contributed by atoms with E-state index in [1.54, 1.807) is 6.92 Å². The number of rotatable bonds is 0. The Morgan fingerprint density at radius 2 is 2.15 bits per heavy atom. The van der Waals surface area contributed by atoms with Crippen LogP contribution in [-0.4, -0.2) is 15.0 Å². The van der Waals surface area contributed by atoms with Crippen LogP contribution in [0.2, 0.25) is 5.15 Å². The van der Waals surface area contributed by atoms with Gasteiger partial charge in [-0.05, 0) is 6.92 Å². The second kappa shape index (κ2) is 2.88. The molecule has 0 atom stereocenters. The van der Waals surface area contributed by atoms with E-state index in [4.69, 9.17) is 11.6 Å². The molecule has 0 saturated heterocycles. The zero-order valence-corrected chi connectivity index (χ0v) is 7.51. The molecule has 0 fully saturated rings. The van der Waals surface area contributed by atoms with E-state index in [2.05, 4.69) is 15.0 Å². The van der Waals surface area contributed by atoms with E-state index in [-0.39, 0.29) is 0 Å². The topological polar surface area (TPSA) is 38.7 Å². The number of nitrogens with zero attached hydrogens (tertiary/aromatic N) is 3. The summed E-state index contributed by atoms with van der Waals surface area (Å²) >= 11 is 5.80. The molecule has 0 amide bonds. The van der Waals surface area contributed by atoms with Gasteiger partial charge >= 0.3 is 0 Å². The van der Waals surface area contributed by atoms with Crippen LogP contribution in [0.15, 0.2) is 12.3 Å². The Hall–Kier alpha value is -1.29. The predicted molar refractivity (Wildman–Crippen MR) is 47.0 cm³/mol. The summed E-state index contributed by atoms with van der Waals surface area (Å²) in [6.45, 7) is 1.70. The molecule has 2 rings (SSSR count). The van der Waals surface area contributed by atoms with Crippen molar-refractivity contribution in [3.8, 4) is 0 Å². The third-order valence-corrected chi connectivity index (χ3v) is 1.90. The summed E-state index contributed by atoms with van der Waals surface area (Å²) in [4.78, 5) is 11.4. The Morgan fingerprint density at radius 3 is 2.92 bits per heavy atom. The molecule has 13 heavy (non-hydrogen) atoms. The second-order valence-electron chi connectivity index (χ2n) is 2.59. The van der Waals surface area contributed by atoms with E-state index < -0.39 is 5.95 Å². The maximum atomic E-state index is 12.7. The molecular formula is C8H5ClFN3. The Kier molecular flexibility index (Phi) is 1.84. The molecule has 0 aliphatic heterocycles. The second-order valence-corrected chi connectivity index (χ2v) is 2.94. The number of fused-ring (bicyclic) bond motifs is 1. The van der Waals surface area contributed by atoms with Gasteiger partial charge in [0.15, 0.2) is 0 Å². The molecule has 0 aliphatic carbocycles. The first kappa shape index (κ1) is 8.31. The molecule has 0 aromatic carbocycles. The number of aromatic nitrogens is 3. The minimum absolute atomic E-state index is 0.301. The van der Waals surface area contributed by atoms with Crippen LogP contribution in [0.3, 0.4) is 0 Å². The first-order chi connectivity index (χ1) is 6.16. The van der Waals surface area contributed by atoms with Gasteiger partial charge in [-0.3, -0.25) is 0 Å². The average molecular weight is 198 g/mol. The highest BCUT2D eigenvalue weighted by Crippen LogP contribution is 2.19. The lowest BCUT2D eigenvalue weighted by Crippen LogP contribution is -1.92. The first-order valence-corrected chi connectivity index (χ1v) is 4.00. The third-order valence-electron chi connectivity index (χ3n) is 1.61. The Balaban J connectivity index is 2.86. The molecule has 5 heteroatoms. The fourth-order valence-corrected chi connectivity index (χ4v) is 1.34. The normalized spacial score (nSPS) is 10.7. The van der Waals surface area contributed by atoms with Crippen LogP contribution < -0.4 is 0 Å². The minimum Gasteiger partial charge on any atom is -0.233 e. The molecule has 2 aromatic rings. The van der Waals surface area contributed by atoms with E-state index in [1.165, 1.54) is 12.3 Å². The largest absolute Gasteiger partial charge is 0.233 e. The maximum absolute atomic E-state index is 12.7. The van der Waals surface area contributed by atoms with Gasteiger partial charge in [0.25, 0.3) is 0 Å². The highest BCUT2D eigenvalue weighted by atomic mass is 35.5. The van der Waals surface area contributed by atoms with Crippen LogP contribution in [0.4, 0.5) is 4.39 Å². The molecule has 0 spiro atoms. The molecule has 0 unspecified atom stereocenters. The predicted octanol–water partition coefficient (Wildman–Crippen LogP) is 2.13. The van der Waals surface area contributed by atoms with Gasteiger partial charge in [0.1, 0.15) is 11.0 Å². The van der Waals surface area contributed by atoms with Crippen molar-refractivity contribution in [2.45, 2.75) is 6.92 Å². The summed E-state index contributed by atoms with van der Waals surface area (Å²) in [5.74, 6) is -0.0511. The van der Waals surface area contributed by atoms with Crippen LogP contribution in [0.1, 0.15) is 5.82 Å². The van der Waals surface area contributed by atoms with Crippen molar-refractivity contribution in [2.24, 2.45) is 0 Å². The fourth-order valence-electron chi connectivity index (χ4n) is 1.07. The number of halogens is 2. The first-order valence-electron chi connectivity index (χ1n) is 3.62. The molecule has 0 bridgehead atoms. The van der Waals surface area contributed by atoms with Crippen molar-refractivity contribution in [3.05, 3.63) is 29.2 Å². The lowest BCUT2D eigenvalue weighted by molar-refractivity contribution is 0.586. The SMILES string of the molecule is Cc1nc(Cl)c2cnc(F)cc2n1. The van der Waals surface area contributed by atoms with Gasteiger partial charge in [0.05, 0.1) is 10.9 Å². The Labute approximate surface area is 78.6 Å². The van der Waals surface area contributed by atoms with Crippen molar-refractivity contribution in [1.82, 2.24) is 15.0 Å². The van der Waals surface area contributed by atoms with Gasteiger partial charge in [-0.15, -0.1) is 0 Å². The van der Waals surface area contributed by atoms with Gasteiger partial charge in [0.2, 0.25) is 5.95 Å². The third kappa shape index (κ3) is 1.45. The summed E-state index contributed by atoms with van der Waals surface area (Å²) in [5, 5.41) is 0.865. The van der Waals surface area contributed by atoms with Crippen molar-refractivity contribution in [2.75, 3.05) is 0 Å². The number of aryl methyl sites for hydroxylation is 1. The van der Waals surface area contributed by atoms with Crippen molar-refractivity contribution in [3.63, 3.8) is 0 Å². The van der Waals surface area contributed by atoms with E-state index in [0.29, 0.717) is 21.9 Å². The number of hydrogen-bond donors (Lipinski definition) is 0. The van der Waals surface area contributed by atoms with E-state index in [0.717, 1.165) is 0 Å². The maximum Gasteiger partial charge on any atom is 0.215 e. The molecule has 0 saturated carbocycles. The van der Waals surface area contributed by atoms with Gasteiger partial charge < -0.3 is 0 Å². The van der Waals surface area contributed by atoms with Crippen molar-refractivity contribution < 1.29 is 4.39 Å². The quantitative estimate of drug-likeness (QED) is 0.480. The molecule has 66 valence electrons. The zero-order chi connectivity index (χ0) is 9.42. The molecule has 2 heterocycles. The summed E-state index contributed by atoms with van der Waals surface area (Å²) in [6, 6.07) is 1.23. The monoisotopic (exact) mass is 197 g/mol. The summed E-state index contributed by atoms with van der Waals surface area (Å²) in [5.41, 5.74) is 0.477. The minimum atomic E-state index is -0.568.